The molecule has 0 radical (unpaired) electrons. The van der Waals surface area contributed by atoms with E-state index in [0.717, 1.165) is 19.3 Å². The van der Waals surface area contributed by atoms with Crippen LogP contribution in [0, 0.1) is 11.8 Å². The number of ether oxygens (including phenoxy) is 1. The molecule has 2 nitrogen and oxygen atoms in total. The lowest BCUT2D eigenvalue weighted by Crippen LogP contribution is -2.02. The number of unbranched alkanes of at least 4 members (excludes halogenated alkanes) is 2. The van der Waals surface area contributed by atoms with Gasteiger partial charge in [0.05, 0.1) is 0 Å². The Hall–Kier alpha value is -1.23. The smallest absolute Gasteiger partial charge is 0.347 e. The molecule has 0 unspecified atom stereocenters. The van der Waals surface area contributed by atoms with E-state index in [0.29, 0.717) is 5.57 Å². The summed E-state index contributed by atoms with van der Waals surface area (Å²) in [6, 6.07) is 0. The van der Waals surface area contributed by atoms with Crippen molar-refractivity contribution in [1.29, 1.82) is 0 Å². The zero-order chi connectivity index (χ0) is 9.68. The minimum atomic E-state index is -0.281. The number of cyclic esters (lactones) is 1. The first-order valence-corrected chi connectivity index (χ1v) is 4.65. The summed E-state index contributed by atoms with van der Waals surface area (Å²) in [5.41, 5.74) is 0.517. The molecule has 70 valence electrons. The summed E-state index contributed by atoms with van der Waals surface area (Å²) >= 11 is 0. The van der Waals surface area contributed by atoms with Crippen LogP contribution in [0.1, 0.15) is 33.1 Å². The molecule has 0 amide bonds. The van der Waals surface area contributed by atoms with Crippen LogP contribution in [-0.4, -0.2) is 12.1 Å². The first-order chi connectivity index (χ1) is 6.24. The number of carbonyl (C=O) groups excluding carboxylic acids is 1. The Bertz CT molecular complexity index is 278. The Morgan fingerprint density at radius 3 is 2.92 bits per heavy atom. The highest BCUT2D eigenvalue weighted by atomic mass is 16.5. The number of rotatable bonds is 2. The van der Waals surface area contributed by atoms with E-state index < -0.39 is 0 Å². The Morgan fingerprint density at radius 1 is 1.62 bits per heavy atom. The van der Waals surface area contributed by atoms with Crippen molar-refractivity contribution in [2.45, 2.75) is 39.2 Å². The normalized spacial score (nSPS) is 20.3. The number of hydrogen-bond donors (Lipinski definition) is 0. The Kier molecular flexibility index (Phi) is 3.57. The second kappa shape index (κ2) is 4.71. The van der Waals surface area contributed by atoms with Crippen LogP contribution in [0.15, 0.2) is 11.6 Å². The van der Waals surface area contributed by atoms with Gasteiger partial charge in [-0.05, 0) is 19.4 Å². The second-order valence-electron chi connectivity index (χ2n) is 3.10. The highest BCUT2D eigenvalue weighted by Crippen LogP contribution is 2.11. The van der Waals surface area contributed by atoms with Gasteiger partial charge in [-0.3, -0.25) is 0 Å². The van der Waals surface area contributed by atoms with E-state index >= 15 is 0 Å². The van der Waals surface area contributed by atoms with Crippen LogP contribution in [0.4, 0.5) is 0 Å². The highest BCUT2D eigenvalue weighted by Gasteiger charge is 2.19. The molecule has 1 rings (SSSR count). The molecule has 0 spiro atoms. The fourth-order valence-electron chi connectivity index (χ4n) is 1.08. The summed E-state index contributed by atoms with van der Waals surface area (Å²) in [5.74, 6) is 5.51. The molecule has 1 heterocycles. The van der Waals surface area contributed by atoms with Crippen LogP contribution in [0.3, 0.4) is 0 Å². The molecule has 0 saturated heterocycles. The van der Waals surface area contributed by atoms with E-state index in [1.54, 1.807) is 6.08 Å². The summed E-state index contributed by atoms with van der Waals surface area (Å²) in [6.45, 7) is 3.95. The predicted octanol–water partition coefficient (Wildman–Crippen LogP) is 2.05. The average Bonchev–Trinajstić information content (AvgIpc) is 2.39. The lowest BCUT2D eigenvalue weighted by Gasteiger charge is -1.95. The first kappa shape index (κ1) is 9.85. The van der Waals surface area contributed by atoms with Gasteiger partial charge in [0.25, 0.3) is 0 Å². The number of esters is 1. The van der Waals surface area contributed by atoms with Gasteiger partial charge in [-0.1, -0.05) is 25.2 Å². The molecule has 1 atom stereocenters. The topological polar surface area (TPSA) is 26.3 Å². The summed E-state index contributed by atoms with van der Waals surface area (Å²) in [5, 5.41) is 0. The lowest BCUT2D eigenvalue weighted by atomic mass is 10.2. The third-order valence-corrected chi connectivity index (χ3v) is 1.79. The predicted molar refractivity (Wildman–Crippen MR) is 50.9 cm³/mol. The number of hydrogen-bond acceptors (Lipinski definition) is 2. The third-order valence-electron chi connectivity index (χ3n) is 1.79. The molecule has 0 saturated carbocycles. The van der Waals surface area contributed by atoms with Crippen molar-refractivity contribution >= 4 is 5.97 Å². The van der Waals surface area contributed by atoms with Crippen LogP contribution < -0.4 is 0 Å². The van der Waals surface area contributed by atoms with Gasteiger partial charge in [0, 0.05) is 6.42 Å². The van der Waals surface area contributed by atoms with Gasteiger partial charge in [0.1, 0.15) is 11.7 Å². The van der Waals surface area contributed by atoms with Crippen molar-refractivity contribution in [3.05, 3.63) is 11.6 Å². The van der Waals surface area contributed by atoms with Crippen molar-refractivity contribution in [2.24, 2.45) is 0 Å². The fraction of sp³-hybridized carbons (Fsp3) is 0.545. The summed E-state index contributed by atoms with van der Waals surface area (Å²) < 4.78 is 4.90. The van der Waals surface area contributed by atoms with Crippen molar-refractivity contribution in [1.82, 2.24) is 0 Å². The number of carbonyl (C=O) groups is 1. The minimum Gasteiger partial charge on any atom is -0.454 e. The van der Waals surface area contributed by atoms with Crippen molar-refractivity contribution in [3.8, 4) is 11.8 Å². The molecular formula is C11H14O2. The van der Waals surface area contributed by atoms with Crippen LogP contribution in [-0.2, 0) is 9.53 Å². The monoisotopic (exact) mass is 178 g/mol. The highest BCUT2D eigenvalue weighted by molar-refractivity contribution is 5.95. The third kappa shape index (κ3) is 2.95. The van der Waals surface area contributed by atoms with Gasteiger partial charge in [0.2, 0.25) is 0 Å². The van der Waals surface area contributed by atoms with Crippen molar-refractivity contribution in [3.63, 3.8) is 0 Å². The van der Waals surface area contributed by atoms with Crippen LogP contribution >= 0.6 is 0 Å². The van der Waals surface area contributed by atoms with Gasteiger partial charge >= 0.3 is 5.97 Å². The van der Waals surface area contributed by atoms with Crippen LogP contribution in [0.2, 0.25) is 0 Å². The van der Waals surface area contributed by atoms with E-state index in [9.17, 15) is 4.79 Å². The van der Waals surface area contributed by atoms with Gasteiger partial charge in [-0.25, -0.2) is 4.79 Å². The molecule has 0 aromatic carbocycles. The Morgan fingerprint density at radius 2 is 2.38 bits per heavy atom. The molecule has 0 bridgehead atoms. The van der Waals surface area contributed by atoms with Crippen LogP contribution in [0.5, 0.6) is 0 Å². The quantitative estimate of drug-likeness (QED) is 0.367. The lowest BCUT2D eigenvalue weighted by molar-refractivity contribution is -0.138. The summed E-state index contributed by atoms with van der Waals surface area (Å²) in [4.78, 5) is 11.1. The van der Waals surface area contributed by atoms with E-state index in [1.165, 1.54) is 0 Å². The summed E-state index contributed by atoms with van der Waals surface area (Å²) in [6.07, 6.45) is 4.74. The molecule has 13 heavy (non-hydrogen) atoms. The second-order valence-corrected chi connectivity index (χ2v) is 3.10. The maximum atomic E-state index is 11.1. The van der Waals surface area contributed by atoms with E-state index in [4.69, 9.17) is 4.74 Å². The summed E-state index contributed by atoms with van der Waals surface area (Å²) in [7, 11) is 0. The minimum absolute atomic E-state index is 0.108. The maximum absolute atomic E-state index is 11.1. The van der Waals surface area contributed by atoms with Gasteiger partial charge in [-0.15, -0.1) is 0 Å². The van der Waals surface area contributed by atoms with Crippen LogP contribution in [0.25, 0.3) is 0 Å². The molecule has 0 aliphatic carbocycles. The molecule has 0 aromatic heterocycles. The standard InChI is InChI=1S/C11H14O2/c1-3-4-5-6-7-10-8-9(2)13-11(10)12/h8-9H,3-5H2,1-2H3/t9-/m0/s1. The van der Waals surface area contributed by atoms with E-state index in [-0.39, 0.29) is 12.1 Å². The molecular weight excluding hydrogens is 164 g/mol. The maximum Gasteiger partial charge on any atom is 0.347 e. The largest absolute Gasteiger partial charge is 0.454 e. The SMILES string of the molecule is CCCCC#CC1=C[C@H](C)OC1=O. The van der Waals surface area contributed by atoms with E-state index in [2.05, 4.69) is 18.8 Å². The Labute approximate surface area is 79.0 Å². The first-order valence-electron chi connectivity index (χ1n) is 4.65. The zero-order valence-corrected chi connectivity index (χ0v) is 8.09. The molecule has 0 aromatic rings. The molecule has 1 aliphatic heterocycles. The van der Waals surface area contributed by atoms with Gasteiger partial charge in [0.15, 0.2) is 0 Å². The van der Waals surface area contributed by atoms with Crippen molar-refractivity contribution < 1.29 is 9.53 Å². The van der Waals surface area contributed by atoms with E-state index in [1.807, 2.05) is 6.92 Å². The van der Waals surface area contributed by atoms with Gasteiger partial charge in [-0.2, -0.15) is 0 Å². The molecule has 0 N–H and O–H groups in total. The van der Waals surface area contributed by atoms with Crippen molar-refractivity contribution in [2.75, 3.05) is 0 Å². The molecule has 2 heteroatoms. The fourth-order valence-corrected chi connectivity index (χ4v) is 1.08. The average molecular weight is 178 g/mol. The molecule has 0 fully saturated rings. The van der Waals surface area contributed by atoms with Gasteiger partial charge < -0.3 is 4.74 Å². The Balaban J connectivity index is 2.47. The molecule has 1 aliphatic rings. The zero-order valence-electron chi connectivity index (χ0n) is 8.09.